The van der Waals surface area contributed by atoms with E-state index in [9.17, 15) is 0 Å². The molecule has 0 radical (unpaired) electrons. The number of aliphatic imine (C=N–C) groups is 1. The average Bonchev–Trinajstić information content (AvgIpc) is 2.19. The summed E-state index contributed by atoms with van der Waals surface area (Å²) in [6, 6.07) is -0.0701. The Balaban J connectivity index is 4.69. The maximum absolute atomic E-state index is 7.03. The molecule has 0 heterocycles. The molecule has 2 unspecified atom stereocenters. The lowest BCUT2D eigenvalue weighted by Crippen LogP contribution is -2.32. The summed E-state index contributed by atoms with van der Waals surface area (Å²) in [6.07, 6.45) is 3.47. The quantitative estimate of drug-likeness (QED) is 0.577. The largest absolute Gasteiger partial charge is 0.404 e. The Morgan fingerprint density at radius 3 is 2.53 bits per heavy atom. The first-order chi connectivity index (χ1) is 7.08. The van der Waals surface area contributed by atoms with E-state index in [0.29, 0.717) is 6.42 Å². The molecular weight excluding hydrogens is 188 g/mol. The molecule has 0 bridgehead atoms. The summed E-state index contributed by atoms with van der Waals surface area (Å²) in [5.74, 6) is 0.131. The predicted molar refractivity (Wildman–Crippen MR) is 66.5 cm³/mol. The highest BCUT2D eigenvalue weighted by atomic mass is 14.7. The third kappa shape index (κ3) is 4.25. The number of rotatable bonds is 6. The van der Waals surface area contributed by atoms with Crippen LogP contribution in [-0.4, -0.2) is 24.5 Å². The van der Waals surface area contributed by atoms with Gasteiger partial charge in [0.25, 0.3) is 0 Å². The predicted octanol–water partition coefficient (Wildman–Crippen LogP) is 1.31. The van der Waals surface area contributed by atoms with Crippen molar-refractivity contribution in [1.82, 2.24) is 0 Å². The van der Waals surface area contributed by atoms with Crippen LogP contribution in [0.1, 0.15) is 27.2 Å². The van der Waals surface area contributed by atoms with Crippen molar-refractivity contribution in [3.05, 3.63) is 11.8 Å². The van der Waals surface area contributed by atoms with Gasteiger partial charge in [0.05, 0.1) is 0 Å². The number of nitrogens with zero attached hydrogens (tertiary/aromatic N) is 1. The first kappa shape index (κ1) is 13.8. The molecule has 0 aromatic heterocycles. The second-order valence-electron chi connectivity index (χ2n) is 3.57. The van der Waals surface area contributed by atoms with Crippen LogP contribution >= 0.6 is 0 Å². The van der Waals surface area contributed by atoms with Crippen molar-refractivity contribution in [2.75, 3.05) is 6.54 Å². The van der Waals surface area contributed by atoms with Crippen molar-refractivity contribution in [3.8, 4) is 0 Å². The molecule has 0 aliphatic rings. The van der Waals surface area contributed by atoms with Crippen molar-refractivity contribution in [1.29, 1.82) is 5.41 Å². The van der Waals surface area contributed by atoms with Gasteiger partial charge in [-0.1, -0.05) is 6.92 Å². The summed E-state index contributed by atoms with van der Waals surface area (Å²) in [6.45, 7) is 6.69. The summed E-state index contributed by atoms with van der Waals surface area (Å²) in [4.78, 5) is 4.32. The number of nitrogens with two attached hydrogens (primary N) is 2. The van der Waals surface area contributed by atoms with Gasteiger partial charge >= 0.3 is 0 Å². The van der Waals surface area contributed by atoms with Gasteiger partial charge in [-0.15, -0.1) is 0 Å². The normalized spacial score (nSPS) is 17.3. The fourth-order valence-corrected chi connectivity index (χ4v) is 1.50. The van der Waals surface area contributed by atoms with Gasteiger partial charge in [-0.2, -0.15) is 0 Å². The van der Waals surface area contributed by atoms with E-state index in [4.69, 9.17) is 16.9 Å². The van der Waals surface area contributed by atoms with Gasteiger partial charge in [-0.3, -0.25) is 4.99 Å². The molecule has 0 amide bonds. The van der Waals surface area contributed by atoms with Crippen LogP contribution in [0.4, 0.5) is 0 Å². The molecule has 0 saturated heterocycles. The topological polar surface area (TPSA) is 88.2 Å². The maximum Gasteiger partial charge on any atom is 0.0366 e. The van der Waals surface area contributed by atoms with E-state index >= 15 is 0 Å². The third-order valence-electron chi connectivity index (χ3n) is 2.52. The second kappa shape index (κ2) is 7.17. The minimum Gasteiger partial charge on any atom is -0.404 e. The smallest absolute Gasteiger partial charge is 0.0366 e. The zero-order valence-electron chi connectivity index (χ0n) is 9.83. The summed E-state index contributed by atoms with van der Waals surface area (Å²) in [5.41, 5.74) is 13.4. The summed E-state index contributed by atoms with van der Waals surface area (Å²) < 4.78 is 0. The lowest BCUT2D eigenvalue weighted by Gasteiger charge is -2.21. The average molecular weight is 210 g/mol. The first-order valence-electron chi connectivity index (χ1n) is 5.26. The van der Waals surface area contributed by atoms with Crippen LogP contribution in [-0.2, 0) is 0 Å². The highest BCUT2D eigenvalue weighted by Gasteiger charge is 2.17. The zero-order valence-corrected chi connectivity index (χ0v) is 9.83. The lowest BCUT2D eigenvalue weighted by molar-refractivity contribution is 0.544. The van der Waals surface area contributed by atoms with E-state index in [-0.39, 0.29) is 12.0 Å². The van der Waals surface area contributed by atoms with E-state index < -0.39 is 0 Å². The maximum atomic E-state index is 7.03. The second-order valence-corrected chi connectivity index (χ2v) is 3.57. The Bertz CT molecular complexity index is 255. The van der Waals surface area contributed by atoms with Crippen LogP contribution in [0.5, 0.6) is 0 Å². The molecule has 0 rings (SSSR count). The fraction of sp³-hybridized carbons (Fsp3) is 0.636. The Morgan fingerprint density at radius 1 is 1.53 bits per heavy atom. The minimum absolute atomic E-state index is 0.0701. The third-order valence-corrected chi connectivity index (χ3v) is 2.52. The van der Waals surface area contributed by atoms with Gasteiger partial charge in [0, 0.05) is 18.3 Å². The number of hydrogen-bond acceptors (Lipinski definition) is 4. The molecule has 15 heavy (non-hydrogen) atoms. The summed E-state index contributed by atoms with van der Waals surface area (Å²) in [5, 5.41) is 7.03. The highest BCUT2D eigenvalue weighted by molar-refractivity contribution is 5.98. The van der Waals surface area contributed by atoms with Crippen LogP contribution in [0.3, 0.4) is 0 Å². The van der Waals surface area contributed by atoms with E-state index in [0.717, 1.165) is 17.8 Å². The molecule has 0 aromatic rings. The molecule has 5 N–H and O–H groups in total. The van der Waals surface area contributed by atoms with Crippen LogP contribution in [0.2, 0.25) is 0 Å². The van der Waals surface area contributed by atoms with Gasteiger partial charge in [0.15, 0.2) is 0 Å². The molecule has 0 aromatic carbocycles. The standard InChI is InChI=1S/C11H22N4/c1-4-15-9(3)10(7-13)8(2)11(14)5-6-12/h6-8,11-12H,4-5,13-14H2,1-3H3. The van der Waals surface area contributed by atoms with Crippen LogP contribution in [0, 0.1) is 11.3 Å². The van der Waals surface area contributed by atoms with Crippen LogP contribution < -0.4 is 11.5 Å². The first-order valence-corrected chi connectivity index (χ1v) is 5.26. The van der Waals surface area contributed by atoms with E-state index in [1.165, 1.54) is 6.21 Å². The van der Waals surface area contributed by atoms with Crippen molar-refractivity contribution in [2.45, 2.75) is 33.2 Å². The zero-order chi connectivity index (χ0) is 11.8. The van der Waals surface area contributed by atoms with Crippen molar-refractivity contribution in [2.24, 2.45) is 22.4 Å². The monoisotopic (exact) mass is 210 g/mol. The highest BCUT2D eigenvalue weighted by Crippen LogP contribution is 2.16. The Hall–Kier alpha value is -1.16. The molecule has 2 atom stereocenters. The van der Waals surface area contributed by atoms with Gasteiger partial charge in [-0.25, -0.2) is 0 Å². The van der Waals surface area contributed by atoms with Crippen molar-refractivity contribution < 1.29 is 0 Å². The fourth-order valence-electron chi connectivity index (χ4n) is 1.50. The van der Waals surface area contributed by atoms with E-state index in [1.807, 2.05) is 20.8 Å². The van der Waals surface area contributed by atoms with Crippen molar-refractivity contribution >= 4 is 11.9 Å². The summed E-state index contributed by atoms with van der Waals surface area (Å²) in [7, 11) is 0. The van der Waals surface area contributed by atoms with Gasteiger partial charge < -0.3 is 16.9 Å². The molecule has 0 fully saturated rings. The summed E-state index contributed by atoms with van der Waals surface area (Å²) >= 11 is 0. The molecule has 0 aliphatic heterocycles. The molecule has 0 spiro atoms. The van der Waals surface area contributed by atoms with Crippen LogP contribution in [0.15, 0.2) is 16.8 Å². The molecular formula is C11H22N4. The van der Waals surface area contributed by atoms with E-state index in [2.05, 4.69) is 4.99 Å². The molecule has 0 aliphatic carbocycles. The Morgan fingerprint density at radius 2 is 2.13 bits per heavy atom. The number of hydrogen-bond donors (Lipinski definition) is 3. The Kier molecular flexibility index (Phi) is 6.62. The molecule has 0 saturated carbocycles. The SMILES string of the molecule is CCN=C(C)C(=CN)C(C)C(N)CC=N. The molecule has 86 valence electrons. The van der Waals surface area contributed by atoms with Gasteiger partial charge in [0.1, 0.15) is 0 Å². The number of nitrogens with one attached hydrogen (secondary N) is 1. The lowest BCUT2D eigenvalue weighted by atomic mass is 9.90. The molecule has 4 nitrogen and oxygen atoms in total. The van der Waals surface area contributed by atoms with E-state index in [1.54, 1.807) is 6.20 Å². The minimum atomic E-state index is -0.0701. The van der Waals surface area contributed by atoms with Gasteiger partial charge in [0.2, 0.25) is 0 Å². The van der Waals surface area contributed by atoms with Crippen molar-refractivity contribution in [3.63, 3.8) is 0 Å². The Labute approximate surface area is 92.0 Å². The molecule has 4 heteroatoms. The van der Waals surface area contributed by atoms with Crippen LogP contribution in [0.25, 0.3) is 0 Å². The van der Waals surface area contributed by atoms with Gasteiger partial charge in [-0.05, 0) is 44.2 Å².